The second-order valence-corrected chi connectivity index (χ2v) is 9.55. The molecule has 0 aromatic heterocycles. The van der Waals surface area contributed by atoms with Crippen LogP contribution in [0.15, 0.2) is 60.7 Å². The maximum atomic E-state index is 12.9. The third-order valence-corrected chi connectivity index (χ3v) is 6.53. The van der Waals surface area contributed by atoms with Crippen molar-refractivity contribution in [2.45, 2.75) is 33.2 Å². The third kappa shape index (κ3) is 4.82. The lowest BCUT2D eigenvalue weighted by Gasteiger charge is -2.25. The van der Waals surface area contributed by atoms with Crippen LogP contribution in [0.4, 0.5) is 5.69 Å². The van der Waals surface area contributed by atoms with Crippen molar-refractivity contribution in [2.24, 2.45) is 0 Å². The van der Waals surface area contributed by atoms with Gasteiger partial charge in [0.05, 0.1) is 18.0 Å². The fourth-order valence-corrected chi connectivity index (χ4v) is 4.45. The maximum Gasteiger partial charge on any atom is 0.241 e. The van der Waals surface area contributed by atoms with Crippen molar-refractivity contribution in [3.8, 4) is 0 Å². The molecular weight excluding hydrogens is 396 g/mol. The van der Waals surface area contributed by atoms with Crippen LogP contribution in [0, 0.1) is 13.8 Å². The molecule has 0 spiro atoms. The first-order chi connectivity index (χ1) is 14.2. The number of nitrogens with one attached hydrogen (secondary N) is 1. The van der Waals surface area contributed by atoms with Crippen molar-refractivity contribution < 1.29 is 13.2 Å². The lowest BCUT2D eigenvalue weighted by molar-refractivity contribution is -0.120. The van der Waals surface area contributed by atoms with Crippen LogP contribution in [0.25, 0.3) is 10.8 Å². The number of rotatable bonds is 7. The van der Waals surface area contributed by atoms with Crippen LogP contribution >= 0.6 is 0 Å². The zero-order valence-corrected chi connectivity index (χ0v) is 18.7. The van der Waals surface area contributed by atoms with Gasteiger partial charge < -0.3 is 5.32 Å². The molecule has 0 aliphatic heterocycles. The van der Waals surface area contributed by atoms with Gasteiger partial charge in [-0.05, 0) is 48.4 Å². The summed E-state index contributed by atoms with van der Waals surface area (Å²) in [5.41, 5.74) is 3.88. The zero-order valence-electron chi connectivity index (χ0n) is 17.8. The quantitative estimate of drug-likeness (QED) is 0.608. The van der Waals surface area contributed by atoms with Gasteiger partial charge in [0, 0.05) is 5.39 Å². The number of aryl methyl sites for hydroxylation is 2. The summed E-state index contributed by atoms with van der Waals surface area (Å²) in [6.45, 7) is 5.82. The molecule has 5 nitrogen and oxygen atoms in total. The van der Waals surface area contributed by atoms with Gasteiger partial charge in [-0.2, -0.15) is 0 Å². The normalized spacial score (nSPS) is 12.5. The number of carbonyl (C=O) groups excluding carboxylic acids is 1. The van der Waals surface area contributed by atoms with Crippen molar-refractivity contribution >= 4 is 32.4 Å². The molecular formula is C24H28N2O3S. The minimum atomic E-state index is -3.65. The summed E-state index contributed by atoms with van der Waals surface area (Å²) in [5.74, 6) is -0.335. The first-order valence-electron chi connectivity index (χ1n) is 10.0. The topological polar surface area (TPSA) is 66.5 Å². The minimum absolute atomic E-state index is 0.175. The average Bonchev–Trinajstić information content (AvgIpc) is 2.71. The monoisotopic (exact) mass is 424 g/mol. The summed E-state index contributed by atoms with van der Waals surface area (Å²) in [4.78, 5) is 12.9. The highest BCUT2D eigenvalue weighted by molar-refractivity contribution is 7.92. The lowest BCUT2D eigenvalue weighted by Crippen LogP contribution is -2.41. The Morgan fingerprint density at radius 2 is 1.70 bits per heavy atom. The fourth-order valence-electron chi connectivity index (χ4n) is 3.58. The van der Waals surface area contributed by atoms with Crippen LogP contribution in [-0.2, 0) is 14.8 Å². The van der Waals surface area contributed by atoms with Gasteiger partial charge in [0.25, 0.3) is 0 Å². The van der Waals surface area contributed by atoms with E-state index in [4.69, 9.17) is 0 Å². The van der Waals surface area contributed by atoms with E-state index in [0.29, 0.717) is 12.1 Å². The first-order valence-corrected chi connectivity index (χ1v) is 11.9. The van der Waals surface area contributed by atoms with Gasteiger partial charge in [-0.3, -0.25) is 9.10 Å². The Bertz CT molecular complexity index is 1170. The highest BCUT2D eigenvalue weighted by Gasteiger charge is 2.24. The maximum absolute atomic E-state index is 12.9. The number of amides is 1. The van der Waals surface area contributed by atoms with Crippen LogP contribution in [0.1, 0.15) is 36.1 Å². The van der Waals surface area contributed by atoms with E-state index in [1.807, 2.05) is 63.2 Å². The molecule has 1 amide bonds. The number of hydrogen-bond donors (Lipinski definition) is 1. The zero-order chi connectivity index (χ0) is 21.9. The van der Waals surface area contributed by atoms with Crippen molar-refractivity contribution in [2.75, 3.05) is 17.1 Å². The first kappa shape index (κ1) is 21.8. The van der Waals surface area contributed by atoms with E-state index in [1.165, 1.54) is 9.87 Å². The molecule has 158 valence electrons. The summed E-state index contributed by atoms with van der Waals surface area (Å²) >= 11 is 0. The Morgan fingerprint density at radius 1 is 1.00 bits per heavy atom. The van der Waals surface area contributed by atoms with Gasteiger partial charge in [0.2, 0.25) is 15.9 Å². The number of anilines is 1. The molecule has 1 N–H and O–H groups in total. The van der Waals surface area contributed by atoms with Gasteiger partial charge in [-0.15, -0.1) is 0 Å². The summed E-state index contributed by atoms with van der Waals surface area (Å²) in [5, 5.41) is 4.72. The SMILES string of the molecule is CC[C@@H](NC(=O)CN(c1cccc2ccccc12)S(C)(=O)=O)c1ccc(C)c(C)c1. The largest absolute Gasteiger partial charge is 0.348 e. The predicted molar refractivity (Wildman–Crippen MR) is 123 cm³/mol. The molecule has 0 aliphatic carbocycles. The van der Waals surface area contributed by atoms with E-state index in [2.05, 4.69) is 11.4 Å². The smallest absolute Gasteiger partial charge is 0.241 e. The van der Waals surface area contributed by atoms with Gasteiger partial charge in [0.15, 0.2) is 0 Å². The van der Waals surface area contributed by atoms with Gasteiger partial charge in [0.1, 0.15) is 6.54 Å². The van der Waals surface area contributed by atoms with Crippen molar-refractivity contribution in [1.29, 1.82) is 0 Å². The molecule has 3 rings (SSSR count). The lowest BCUT2D eigenvalue weighted by atomic mass is 9.99. The van der Waals surface area contributed by atoms with E-state index in [1.54, 1.807) is 12.1 Å². The summed E-state index contributed by atoms with van der Waals surface area (Å²) < 4.78 is 26.3. The van der Waals surface area contributed by atoms with Gasteiger partial charge in [-0.1, -0.05) is 61.5 Å². The van der Waals surface area contributed by atoms with E-state index in [-0.39, 0.29) is 18.5 Å². The molecule has 0 fully saturated rings. The van der Waals surface area contributed by atoms with Crippen molar-refractivity contribution in [3.63, 3.8) is 0 Å². The molecule has 0 heterocycles. The average molecular weight is 425 g/mol. The Hall–Kier alpha value is -2.86. The number of sulfonamides is 1. The van der Waals surface area contributed by atoms with Crippen LogP contribution in [0.5, 0.6) is 0 Å². The second kappa shape index (κ2) is 8.88. The van der Waals surface area contributed by atoms with Crippen molar-refractivity contribution in [1.82, 2.24) is 5.32 Å². The minimum Gasteiger partial charge on any atom is -0.348 e. The summed E-state index contributed by atoms with van der Waals surface area (Å²) in [6.07, 6.45) is 1.84. The summed E-state index contributed by atoms with van der Waals surface area (Å²) in [6, 6.07) is 19.0. The molecule has 0 saturated carbocycles. The van der Waals surface area contributed by atoms with Gasteiger partial charge in [-0.25, -0.2) is 8.42 Å². The highest BCUT2D eigenvalue weighted by atomic mass is 32.2. The van der Waals surface area contributed by atoms with E-state index < -0.39 is 10.0 Å². The predicted octanol–water partition coefficient (Wildman–Crippen LogP) is 4.49. The number of carbonyl (C=O) groups is 1. The van der Waals surface area contributed by atoms with Crippen molar-refractivity contribution in [3.05, 3.63) is 77.4 Å². The molecule has 0 saturated heterocycles. The molecule has 3 aromatic carbocycles. The third-order valence-electron chi connectivity index (χ3n) is 5.40. The Labute approximate surface area is 178 Å². The molecule has 3 aromatic rings. The van der Waals surface area contributed by atoms with Gasteiger partial charge >= 0.3 is 0 Å². The number of hydrogen-bond acceptors (Lipinski definition) is 3. The molecule has 0 radical (unpaired) electrons. The van der Waals surface area contributed by atoms with Crippen LogP contribution < -0.4 is 9.62 Å². The van der Waals surface area contributed by atoms with E-state index >= 15 is 0 Å². The molecule has 0 aliphatic rings. The Kier molecular flexibility index (Phi) is 6.46. The highest BCUT2D eigenvalue weighted by Crippen LogP contribution is 2.28. The van der Waals surface area contributed by atoms with Crippen LogP contribution in [0.2, 0.25) is 0 Å². The molecule has 30 heavy (non-hydrogen) atoms. The second-order valence-electron chi connectivity index (χ2n) is 7.64. The van der Waals surface area contributed by atoms with Crippen LogP contribution in [0.3, 0.4) is 0 Å². The Balaban J connectivity index is 1.88. The molecule has 6 heteroatoms. The fraction of sp³-hybridized carbons (Fsp3) is 0.292. The number of nitrogens with zero attached hydrogens (tertiary/aromatic N) is 1. The Morgan fingerprint density at radius 3 is 2.37 bits per heavy atom. The molecule has 0 bridgehead atoms. The van der Waals surface area contributed by atoms with E-state index in [9.17, 15) is 13.2 Å². The molecule has 1 atom stereocenters. The van der Waals surface area contributed by atoms with Crippen LogP contribution in [-0.4, -0.2) is 27.1 Å². The standard InChI is InChI=1S/C24H28N2O3S/c1-5-22(20-14-13-17(2)18(3)15-20)25-24(27)16-26(30(4,28)29)23-12-8-10-19-9-6-7-11-21(19)23/h6-15,22H,5,16H2,1-4H3,(H,25,27)/t22-/m1/s1. The molecule has 0 unspecified atom stereocenters. The number of benzene rings is 3. The van der Waals surface area contributed by atoms with E-state index in [0.717, 1.165) is 28.2 Å². The summed E-state index contributed by atoms with van der Waals surface area (Å²) in [7, 11) is -3.65. The number of fused-ring (bicyclic) bond motifs is 1.